The first kappa shape index (κ1) is 36.7. The molecule has 37 heavy (non-hydrogen) atoms. The molecule has 0 aromatic heterocycles. The van der Waals surface area contributed by atoms with E-state index in [0.717, 1.165) is 58.3 Å². The van der Waals surface area contributed by atoms with Crippen molar-refractivity contribution >= 4 is 24.4 Å². The van der Waals surface area contributed by atoms with Crippen LogP contribution in [-0.2, 0) is 29.4 Å². The monoisotopic (exact) mass is 568 g/mol. The molecule has 0 saturated heterocycles. The van der Waals surface area contributed by atoms with Crippen LogP contribution in [0.15, 0.2) is 0 Å². The summed E-state index contributed by atoms with van der Waals surface area (Å²) in [6.45, 7) is 8.91. The average molecular weight is 569 g/mol. The van der Waals surface area contributed by atoms with Gasteiger partial charge in [-0.1, -0.05) is 111 Å². The number of hydrogen-bond donors (Lipinski definition) is 2. The van der Waals surface area contributed by atoms with Crippen molar-refractivity contribution in [2.24, 2.45) is 0 Å². The molecule has 0 spiro atoms. The topological polar surface area (TPSA) is 110 Å². The SMILES string of the molecule is CCCCCCCCCCCCS(=O)C(CCCCCCC)C(C)OP(=O)(O)C(C)(OCCC)C(=O)O. The molecule has 2 N–H and O–H groups in total. The van der Waals surface area contributed by atoms with Crippen molar-refractivity contribution in [2.45, 2.75) is 160 Å². The van der Waals surface area contributed by atoms with E-state index >= 15 is 0 Å². The van der Waals surface area contributed by atoms with Gasteiger partial charge in [-0.3, -0.25) is 8.77 Å². The normalized spacial score (nSPS) is 17.6. The van der Waals surface area contributed by atoms with Crippen LogP contribution < -0.4 is 0 Å². The zero-order chi connectivity index (χ0) is 28.2. The van der Waals surface area contributed by atoms with Gasteiger partial charge in [0.15, 0.2) is 0 Å². The van der Waals surface area contributed by atoms with Crippen LogP contribution >= 0.6 is 7.60 Å². The van der Waals surface area contributed by atoms with Crippen LogP contribution in [0.4, 0.5) is 0 Å². The summed E-state index contributed by atoms with van der Waals surface area (Å²) in [5.74, 6) is -1.01. The standard InChI is InChI=1S/C28H57O7PS/c1-6-9-11-13-14-15-16-17-19-21-24-37(33)26(22-20-18-12-10-7-2)25(4)35-36(31,32)28(5,27(29)30)34-23-8-3/h25-26H,6-24H2,1-5H3,(H,29,30)(H,31,32). The summed E-state index contributed by atoms with van der Waals surface area (Å²) in [4.78, 5) is 22.5. The number of hydrogen-bond acceptors (Lipinski definition) is 5. The molecule has 0 aliphatic carbocycles. The summed E-state index contributed by atoms with van der Waals surface area (Å²) in [5, 5.41) is 6.85. The summed E-state index contributed by atoms with van der Waals surface area (Å²) in [5.41, 5.74) is 0. The summed E-state index contributed by atoms with van der Waals surface area (Å²) in [7, 11) is -5.94. The van der Waals surface area contributed by atoms with Gasteiger partial charge in [-0.2, -0.15) is 0 Å². The maximum atomic E-state index is 13.3. The second-order valence-corrected chi connectivity index (χ2v) is 14.4. The first-order valence-corrected chi connectivity index (χ1v) is 17.8. The lowest BCUT2D eigenvalue weighted by molar-refractivity contribution is -0.155. The third-order valence-electron chi connectivity index (χ3n) is 6.98. The van der Waals surface area contributed by atoms with Crippen molar-refractivity contribution in [3.05, 3.63) is 0 Å². The lowest BCUT2D eigenvalue weighted by atomic mass is 10.1. The van der Waals surface area contributed by atoms with Crippen molar-refractivity contribution in [1.29, 1.82) is 0 Å². The number of ether oxygens (including phenoxy) is 1. The van der Waals surface area contributed by atoms with Gasteiger partial charge in [-0.25, -0.2) is 4.79 Å². The van der Waals surface area contributed by atoms with E-state index < -0.39 is 41.1 Å². The molecule has 222 valence electrons. The van der Waals surface area contributed by atoms with Crippen LogP contribution in [0.5, 0.6) is 0 Å². The highest BCUT2D eigenvalue weighted by molar-refractivity contribution is 7.85. The van der Waals surface area contributed by atoms with Crippen LogP contribution in [0.2, 0.25) is 0 Å². The molecule has 0 heterocycles. The fraction of sp³-hybridized carbons (Fsp3) is 0.964. The molecular formula is C28H57O7PS. The fourth-order valence-electron chi connectivity index (χ4n) is 4.37. The van der Waals surface area contributed by atoms with E-state index in [1.165, 1.54) is 44.9 Å². The molecular weight excluding hydrogens is 511 g/mol. The Balaban J connectivity index is 4.97. The Morgan fingerprint density at radius 1 is 0.838 bits per heavy atom. The second-order valence-electron chi connectivity index (χ2n) is 10.5. The van der Waals surface area contributed by atoms with Crippen molar-refractivity contribution < 1.29 is 32.8 Å². The van der Waals surface area contributed by atoms with Crippen LogP contribution in [0, 0.1) is 0 Å². The van der Waals surface area contributed by atoms with Gasteiger partial charge >= 0.3 is 13.6 Å². The van der Waals surface area contributed by atoms with E-state index in [0.29, 0.717) is 18.6 Å². The fourth-order valence-corrected chi connectivity index (χ4v) is 7.45. The van der Waals surface area contributed by atoms with Crippen LogP contribution in [0.25, 0.3) is 0 Å². The van der Waals surface area contributed by atoms with Crippen LogP contribution in [-0.4, -0.2) is 49.2 Å². The Labute approximate surface area is 229 Å². The summed E-state index contributed by atoms with van der Waals surface area (Å²) in [6.07, 6.45) is 17.5. The van der Waals surface area contributed by atoms with Crippen molar-refractivity contribution in [3.8, 4) is 0 Å². The zero-order valence-corrected chi connectivity index (χ0v) is 26.1. The van der Waals surface area contributed by atoms with E-state index in [-0.39, 0.29) is 6.61 Å². The Hall–Kier alpha value is -0.270. The highest BCUT2D eigenvalue weighted by atomic mass is 32.2. The molecule has 0 aromatic carbocycles. The summed E-state index contributed by atoms with van der Waals surface area (Å²) >= 11 is 0. The van der Waals surface area contributed by atoms with E-state index in [4.69, 9.17) is 9.26 Å². The van der Waals surface area contributed by atoms with E-state index in [9.17, 15) is 23.6 Å². The zero-order valence-electron chi connectivity index (χ0n) is 24.4. The van der Waals surface area contributed by atoms with E-state index in [1.54, 1.807) is 13.8 Å². The minimum absolute atomic E-state index is 0.0244. The van der Waals surface area contributed by atoms with E-state index in [2.05, 4.69) is 13.8 Å². The second kappa shape index (κ2) is 21.5. The molecule has 5 unspecified atom stereocenters. The molecule has 0 radical (unpaired) electrons. The molecule has 0 aliphatic rings. The number of carbonyl (C=O) groups is 1. The van der Waals surface area contributed by atoms with Crippen LogP contribution in [0.3, 0.4) is 0 Å². The smallest absolute Gasteiger partial charge is 0.371 e. The Morgan fingerprint density at radius 3 is 1.76 bits per heavy atom. The number of unbranched alkanes of at least 4 members (excludes halogenated alkanes) is 13. The maximum absolute atomic E-state index is 13.3. The highest BCUT2D eigenvalue weighted by Gasteiger charge is 2.54. The van der Waals surface area contributed by atoms with Crippen molar-refractivity contribution in [2.75, 3.05) is 12.4 Å². The quantitative estimate of drug-likeness (QED) is 0.0799. The predicted molar refractivity (Wildman–Crippen MR) is 155 cm³/mol. The third-order valence-corrected chi connectivity index (χ3v) is 11.0. The predicted octanol–water partition coefficient (Wildman–Crippen LogP) is 8.20. The molecule has 9 heteroatoms. The number of carboxylic acids is 1. The van der Waals surface area contributed by atoms with Gasteiger partial charge in [-0.05, 0) is 33.1 Å². The molecule has 0 aliphatic heterocycles. The van der Waals surface area contributed by atoms with Gasteiger partial charge in [0.2, 0.25) is 0 Å². The lowest BCUT2D eigenvalue weighted by Crippen LogP contribution is -2.41. The molecule has 0 bridgehead atoms. The summed E-state index contributed by atoms with van der Waals surface area (Å²) in [6, 6.07) is 0. The molecule has 0 aromatic rings. The average Bonchev–Trinajstić information content (AvgIpc) is 2.85. The number of aliphatic carboxylic acids is 1. The number of carboxylic acid groups (broad SMARTS) is 1. The van der Waals surface area contributed by atoms with Gasteiger partial charge < -0.3 is 19.3 Å². The van der Waals surface area contributed by atoms with Crippen molar-refractivity contribution in [3.63, 3.8) is 0 Å². The number of rotatable bonds is 26. The minimum Gasteiger partial charge on any atom is -0.479 e. The Kier molecular flexibility index (Phi) is 21.4. The van der Waals surface area contributed by atoms with Gasteiger partial charge in [0.05, 0.1) is 11.4 Å². The first-order valence-electron chi connectivity index (χ1n) is 14.8. The molecule has 0 fully saturated rings. The highest BCUT2D eigenvalue weighted by Crippen LogP contribution is 2.57. The third kappa shape index (κ3) is 15.2. The Morgan fingerprint density at radius 2 is 1.30 bits per heavy atom. The van der Waals surface area contributed by atoms with E-state index in [1.807, 2.05) is 0 Å². The maximum Gasteiger partial charge on any atom is 0.371 e. The first-order chi connectivity index (χ1) is 17.6. The van der Waals surface area contributed by atoms with Crippen LogP contribution in [0.1, 0.15) is 144 Å². The molecule has 0 rings (SSSR count). The van der Waals surface area contributed by atoms with Crippen molar-refractivity contribution in [1.82, 2.24) is 0 Å². The molecule has 5 atom stereocenters. The lowest BCUT2D eigenvalue weighted by Gasteiger charge is -2.33. The van der Waals surface area contributed by atoms with Gasteiger partial charge in [0.25, 0.3) is 5.34 Å². The Bertz CT molecular complexity index is 660. The minimum atomic E-state index is -4.71. The molecule has 7 nitrogen and oxygen atoms in total. The summed E-state index contributed by atoms with van der Waals surface area (Å²) < 4.78 is 37.2. The molecule has 0 amide bonds. The van der Waals surface area contributed by atoms with Gasteiger partial charge in [-0.15, -0.1) is 0 Å². The van der Waals surface area contributed by atoms with Gasteiger partial charge in [0, 0.05) is 23.2 Å². The van der Waals surface area contributed by atoms with Gasteiger partial charge in [0.1, 0.15) is 0 Å². The largest absolute Gasteiger partial charge is 0.479 e. The molecule has 0 saturated carbocycles.